The summed E-state index contributed by atoms with van der Waals surface area (Å²) in [6, 6.07) is 20.8. The van der Waals surface area contributed by atoms with Crippen molar-refractivity contribution in [1.82, 2.24) is 14.5 Å². The lowest BCUT2D eigenvalue weighted by Gasteiger charge is -2.31. The predicted octanol–water partition coefficient (Wildman–Crippen LogP) is 5.29. The number of rotatable bonds is 9. The van der Waals surface area contributed by atoms with Crippen LogP contribution in [0, 0.1) is 0 Å². The van der Waals surface area contributed by atoms with E-state index in [9.17, 15) is 9.59 Å². The van der Waals surface area contributed by atoms with Crippen LogP contribution >= 0.6 is 11.6 Å². The maximum absolute atomic E-state index is 13.9. The normalized spacial score (nSPS) is 11.9. The van der Waals surface area contributed by atoms with Gasteiger partial charge in [-0.1, -0.05) is 48.0 Å². The van der Waals surface area contributed by atoms with Crippen molar-refractivity contribution < 1.29 is 14.3 Å². The molecular formula is C28H28ClN3O4. The molecule has 0 saturated heterocycles. The van der Waals surface area contributed by atoms with E-state index >= 15 is 0 Å². The fraction of sp³-hybridized carbons (Fsp3) is 0.250. The zero-order valence-corrected chi connectivity index (χ0v) is 21.2. The lowest BCUT2D eigenvalue weighted by Crippen LogP contribution is -2.39. The Bertz CT molecular complexity index is 1440. The molecule has 1 atom stereocenters. The highest BCUT2D eigenvalue weighted by Crippen LogP contribution is 2.29. The van der Waals surface area contributed by atoms with Crippen molar-refractivity contribution in [2.45, 2.75) is 19.9 Å². The summed E-state index contributed by atoms with van der Waals surface area (Å²) in [5.74, 6) is 0.674. The number of para-hydroxylation sites is 3. The SMILES string of the molecule is CCOc1ccccc1-n1c(C(C)N(CCOC)C(=O)c2ccccc2Cl)nc2ccccc2c1=O. The van der Waals surface area contributed by atoms with E-state index in [1.54, 1.807) is 54.5 Å². The minimum Gasteiger partial charge on any atom is -0.492 e. The molecule has 0 saturated carbocycles. The van der Waals surface area contributed by atoms with Crippen molar-refractivity contribution in [2.24, 2.45) is 0 Å². The molecule has 1 heterocycles. The Labute approximate surface area is 214 Å². The van der Waals surface area contributed by atoms with E-state index in [-0.39, 0.29) is 18.0 Å². The van der Waals surface area contributed by atoms with Crippen LogP contribution in [0.5, 0.6) is 5.75 Å². The summed E-state index contributed by atoms with van der Waals surface area (Å²) in [7, 11) is 1.57. The molecule has 8 heteroatoms. The molecule has 1 aromatic heterocycles. The third-order valence-corrected chi connectivity index (χ3v) is 6.28. The summed E-state index contributed by atoms with van der Waals surface area (Å²) in [5, 5.41) is 0.822. The number of benzene rings is 3. The van der Waals surface area contributed by atoms with Gasteiger partial charge >= 0.3 is 0 Å². The first-order valence-electron chi connectivity index (χ1n) is 11.8. The fourth-order valence-electron chi connectivity index (χ4n) is 4.17. The number of hydrogen-bond donors (Lipinski definition) is 0. The van der Waals surface area contributed by atoms with Crippen LogP contribution in [0.2, 0.25) is 5.02 Å². The molecule has 0 aliphatic rings. The average Bonchev–Trinajstić information content (AvgIpc) is 2.89. The number of carbonyl (C=O) groups excluding carboxylic acids is 1. The molecule has 0 bridgehead atoms. The Balaban J connectivity index is 1.94. The third-order valence-electron chi connectivity index (χ3n) is 5.95. The summed E-state index contributed by atoms with van der Waals surface area (Å²) in [6.07, 6.45) is 0. The van der Waals surface area contributed by atoms with Crippen LogP contribution in [0.4, 0.5) is 0 Å². The summed E-state index contributed by atoms with van der Waals surface area (Å²) in [6.45, 7) is 4.74. The number of ether oxygens (including phenoxy) is 2. The zero-order chi connectivity index (χ0) is 25.7. The average molecular weight is 506 g/mol. The van der Waals surface area contributed by atoms with Gasteiger partial charge in [0.15, 0.2) is 0 Å². The molecule has 36 heavy (non-hydrogen) atoms. The number of halogens is 1. The maximum atomic E-state index is 13.9. The van der Waals surface area contributed by atoms with Gasteiger partial charge < -0.3 is 14.4 Å². The van der Waals surface area contributed by atoms with Gasteiger partial charge in [-0.25, -0.2) is 4.98 Å². The molecule has 1 amide bonds. The van der Waals surface area contributed by atoms with Gasteiger partial charge in [-0.05, 0) is 50.2 Å². The van der Waals surface area contributed by atoms with Gasteiger partial charge in [-0.15, -0.1) is 0 Å². The maximum Gasteiger partial charge on any atom is 0.266 e. The molecule has 4 aromatic rings. The van der Waals surface area contributed by atoms with E-state index in [1.807, 2.05) is 44.2 Å². The Morgan fingerprint density at radius 3 is 2.50 bits per heavy atom. The second-order valence-electron chi connectivity index (χ2n) is 8.18. The quantitative estimate of drug-likeness (QED) is 0.309. The lowest BCUT2D eigenvalue weighted by atomic mass is 10.1. The van der Waals surface area contributed by atoms with Crippen LogP contribution < -0.4 is 10.3 Å². The summed E-state index contributed by atoms with van der Waals surface area (Å²) in [5.41, 5.74) is 1.23. The second-order valence-corrected chi connectivity index (χ2v) is 8.58. The smallest absolute Gasteiger partial charge is 0.266 e. The molecule has 0 aliphatic heterocycles. The molecule has 0 aliphatic carbocycles. The highest BCUT2D eigenvalue weighted by atomic mass is 35.5. The van der Waals surface area contributed by atoms with Gasteiger partial charge in [0.25, 0.3) is 11.5 Å². The Kier molecular flexibility index (Phi) is 8.03. The van der Waals surface area contributed by atoms with Gasteiger partial charge in [0.2, 0.25) is 0 Å². The molecule has 3 aromatic carbocycles. The number of hydrogen-bond acceptors (Lipinski definition) is 5. The Morgan fingerprint density at radius 1 is 1.06 bits per heavy atom. The predicted molar refractivity (Wildman–Crippen MR) is 141 cm³/mol. The van der Waals surface area contributed by atoms with E-state index in [2.05, 4.69) is 0 Å². The number of carbonyl (C=O) groups is 1. The molecule has 1 unspecified atom stereocenters. The topological polar surface area (TPSA) is 73.7 Å². The van der Waals surface area contributed by atoms with Crippen LogP contribution in [0.25, 0.3) is 16.6 Å². The largest absolute Gasteiger partial charge is 0.492 e. The van der Waals surface area contributed by atoms with Crippen LogP contribution in [-0.4, -0.2) is 47.2 Å². The molecule has 7 nitrogen and oxygen atoms in total. The van der Waals surface area contributed by atoms with Crippen LogP contribution in [-0.2, 0) is 4.74 Å². The summed E-state index contributed by atoms with van der Waals surface area (Å²) < 4.78 is 12.7. The van der Waals surface area contributed by atoms with Gasteiger partial charge in [-0.3, -0.25) is 14.2 Å². The number of fused-ring (bicyclic) bond motifs is 1. The fourth-order valence-corrected chi connectivity index (χ4v) is 4.39. The van der Waals surface area contributed by atoms with Crippen LogP contribution in [0.3, 0.4) is 0 Å². The molecule has 0 spiro atoms. The first-order chi connectivity index (χ1) is 17.5. The monoisotopic (exact) mass is 505 g/mol. The highest BCUT2D eigenvalue weighted by Gasteiger charge is 2.29. The van der Waals surface area contributed by atoms with Gasteiger partial charge in [0.1, 0.15) is 11.6 Å². The Hall–Kier alpha value is -3.68. The van der Waals surface area contributed by atoms with E-state index < -0.39 is 6.04 Å². The minimum absolute atomic E-state index is 0.244. The first kappa shape index (κ1) is 25.4. The Morgan fingerprint density at radius 2 is 1.75 bits per heavy atom. The van der Waals surface area contributed by atoms with E-state index in [0.29, 0.717) is 52.0 Å². The highest BCUT2D eigenvalue weighted by molar-refractivity contribution is 6.33. The molecule has 186 valence electrons. The number of nitrogens with zero attached hydrogens (tertiary/aromatic N) is 3. The third kappa shape index (κ3) is 4.98. The molecule has 0 N–H and O–H groups in total. The molecule has 0 fully saturated rings. The first-order valence-corrected chi connectivity index (χ1v) is 12.1. The van der Waals surface area contributed by atoms with Crippen molar-refractivity contribution in [3.05, 3.63) is 99.6 Å². The molecular weight excluding hydrogens is 478 g/mol. The van der Waals surface area contributed by atoms with Gasteiger partial charge in [0.05, 0.1) is 46.4 Å². The van der Waals surface area contributed by atoms with E-state index in [1.165, 1.54) is 4.57 Å². The van der Waals surface area contributed by atoms with Crippen molar-refractivity contribution in [3.63, 3.8) is 0 Å². The molecule has 4 rings (SSSR count). The van der Waals surface area contributed by atoms with Crippen molar-refractivity contribution in [2.75, 3.05) is 26.9 Å². The van der Waals surface area contributed by atoms with Crippen molar-refractivity contribution >= 4 is 28.4 Å². The van der Waals surface area contributed by atoms with Crippen LogP contribution in [0.15, 0.2) is 77.6 Å². The van der Waals surface area contributed by atoms with Crippen molar-refractivity contribution in [3.8, 4) is 11.4 Å². The summed E-state index contributed by atoms with van der Waals surface area (Å²) >= 11 is 6.37. The minimum atomic E-state index is -0.601. The van der Waals surface area contributed by atoms with E-state index in [4.69, 9.17) is 26.1 Å². The number of aromatic nitrogens is 2. The van der Waals surface area contributed by atoms with E-state index in [0.717, 1.165) is 0 Å². The van der Waals surface area contributed by atoms with Gasteiger partial charge in [0, 0.05) is 13.7 Å². The van der Waals surface area contributed by atoms with Crippen molar-refractivity contribution in [1.29, 1.82) is 0 Å². The lowest BCUT2D eigenvalue weighted by molar-refractivity contribution is 0.0605. The van der Waals surface area contributed by atoms with Gasteiger partial charge in [-0.2, -0.15) is 0 Å². The number of methoxy groups -OCH3 is 1. The zero-order valence-electron chi connectivity index (χ0n) is 20.5. The van der Waals surface area contributed by atoms with Crippen LogP contribution in [0.1, 0.15) is 36.1 Å². The standard InChI is InChI=1S/C28H28ClN3O4/c1-4-36-25-16-10-9-15-24(25)32-26(30-23-14-8-6-12-21(23)28(32)34)19(2)31(17-18-35-3)27(33)20-11-5-7-13-22(20)29/h5-16,19H,4,17-18H2,1-3H3. The summed E-state index contributed by atoms with van der Waals surface area (Å²) in [4.78, 5) is 34.1. The second kappa shape index (κ2) is 11.4. The number of amides is 1. The molecule has 0 radical (unpaired) electrons.